The molecule has 3 atom stereocenters. The van der Waals surface area contributed by atoms with Gasteiger partial charge in [-0.3, -0.25) is 4.79 Å². The first-order valence-corrected chi connectivity index (χ1v) is 7.81. The summed E-state index contributed by atoms with van der Waals surface area (Å²) in [4.78, 5) is 12.1. The number of nitrogens with one attached hydrogen (secondary N) is 2. The van der Waals surface area contributed by atoms with E-state index in [2.05, 4.69) is 27.5 Å². The number of fused-ring (bicyclic) bond motifs is 1. The maximum Gasteiger partial charge on any atom is 0.237 e. The van der Waals surface area contributed by atoms with Gasteiger partial charge in [-0.1, -0.05) is 6.42 Å². The van der Waals surface area contributed by atoms with Crippen LogP contribution in [0.2, 0.25) is 0 Å². The summed E-state index contributed by atoms with van der Waals surface area (Å²) in [6.45, 7) is 1.79. The summed E-state index contributed by atoms with van der Waals surface area (Å²) in [5, 5.41) is 10.7. The summed E-state index contributed by atoms with van der Waals surface area (Å²) in [5.41, 5.74) is 1.32. The van der Waals surface area contributed by atoms with Crippen LogP contribution in [0.3, 0.4) is 0 Å². The Bertz CT molecular complexity index is 404. The van der Waals surface area contributed by atoms with E-state index in [0.717, 1.165) is 25.4 Å². The fraction of sp³-hybridized carbons (Fsp3) is 0.643. The molecule has 3 rings (SSSR count). The zero-order valence-electron chi connectivity index (χ0n) is 10.5. The Morgan fingerprint density at radius 2 is 2.44 bits per heavy atom. The molecular weight excluding hydrogens is 244 g/mol. The average Bonchev–Trinajstić information content (AvgIpc) is 3.05. The highest BCUT2D eigenvalue weighted by molar-refractivity contribution is 7.07. The monoisotopic (exact) mass is 264 g/mol. The number of amides is 1. The van der Waals surface area contributed by atoms with Crippen molar-refractivity contribution in [2.45, 2.75) is 31.7 Å². The third kappa shape index (κ3) is 2.45. The van der Waals surface area contributed by atoms with Gasteiger partial charge in [-0.2, -0.15) is 11.3 Å². The Morgan fingerprint density at radius 1 is 1.50 bits per heavy atom. The lowest BCUT2D eigenvalue weighted by molar-refractivity contribution is -0.123. The number of hydrogen-bond donors (Lipinski definition) is 2. The molecule has 1 aliphatic carbocycles. The molecule has 1 saturated carbocycles. The predicted molar refractivity (Wildman–Crippen MR) is 73.7 cm³/mol. The molecule has 0 radical (unpaired) electrons. The molecule has 0 spiro atoms. The molecule has 2 fully saturated rings. The molecule has 98 valence electrons. The van der Waals surface area contributed by atoms with Crippen LogP contribution in [-0.4, -0.2) is 25.0 Å². The van der Waals surface area contributed by atoms with Crippen molar-refractivity contribution in [3.8, 4) is 0 Å². The van der Waals surface area contributed by atoms with Gasteiger partial charge in [0.25, 0.3) is 0 Å². The minimum absolute atomic E-state index is 0.0694. The molecule has 0 bridgehead atoms. The SMILES string of the molecule is O=C(NCCc1ccsc1)C1NCC2CCCC21. The van der Waals surface area contributed by atoms with Gasteiger partial charge in [0.1, 0.15) is 0 Å². The Kier molecular flexibility index (Phi) is 3.66. The highest BCUT2D eigenvalue weighted by Crippen LogP contribution is 2.37. The van der Waals surface area contributed by atoms with Crippen molar-refractivity contribution in [3.05, 3.63) is 22.4 Å². The first kappa shape index (κ1) is 12.2. The van der Waals surface area contributed by atoms with E-state index in [1.807, 2.05) is 0 Å². The van der Waals surface area contributed by atoms with Gasteiger partial charge in [0.05, 0.1) is 6.04 Å². The van der Waals surface area contributed by atoms with Crippen LogP contribution < -0.4 is 10.6 Å². The molecular formula is C14H20N2OS. The molecule has 3 unspecified atom stereocenters. The van der Waals surface area contributed by atoms with Crippen molar-refractivity contribution in [1.82, 2.24) is 10.6 Å². The van der Waals surface area contributed by atoms with Crippen molar-refractivity contribution in [1.29, 1.82) is 0 Å². The number of hydrogen-bond acceptors (Lipinski definition) is 3. The van der Waals surface area contributed by atoms with Gasteiger partial charge < -0.3 is 10.6 Å². The van der Waals surface area contributed by atoms with Gasteiger partial charge >= 0.3 is 0 Å². The molecule has 1 amide bonds. The Morgan fingerprint density at radius 3 is 3.28 bits per heavy atom. The molecule has 1 aromatic rings. The quantitative estimate of drug-likeness (QED) is 0.870. The minimum Gasteiger partial charge on any atom is -0.354 e. The first-order chi connectivity index (χ1) is 8.84. The third-order valence-corrected chi connectivity index (χ3v) is 5.05. The van der Waals surface area contributed by atoms with Crippen molar-refractivity contribution in [2.24, 2.45) is 11.8 Å². The van der Waals surface area contributed by atoms with E-state index in [1.54, 1.807) is 11.3 Å². The van der Waals surface area contributed by atoms with Gasteiger partial charge in [0.2, 0.25) is 5.91 Å². The van der Waals surface area contributed by atoms with E-state index in [-0.39, 0.29) is 11.9 Å². The summed E-state index contributed by atoms with van der Waals surface area (Å²) >= 11 is 1.71. The van der Waals surface area contributed by atoms with Crippen LogP contribution in [-0.2, 0) is 11.2 Å². The molecule has 1 aliphatic heterocycles. The van der Waals surface area contributed by atoms with Crippen molar-refractivity contribution in [3.63, 3.8) is 0 Å². The predicted octanol–water partition coefficient (Wildman–Crippen LogP) is 1.79. The molecule has 1 saturated heterocycles. The van der Waals surface area contributed by atoms with E-state index < -0.39 is 0 Å². The molecule has 4 heteroatoms. The zero-order valence-corrected chi connectivity index (χ0v) is 11.3. The van der Waals surface area contributed by atoms with Gasteiger partial charge in [-0.05, 0) is 60.0 Å². The molecule has 2 N–H and O–H groups in total. The van der Waals surface area contributed by atoms with Gasteiger partial charge in [0, 0.05) is 6.54 Å². The van der Waals surface area contributed by atoms with Gasteiger partial charge in [0.15, 0.2) is 0 Å². The Labute approximate surface area is 112 Å². The molecule has 3 nitrogen and oxygen atoms in total. The van der Waals surface area contributed by atoms with Crippen LogP contribution in [0.4, 0.5) is 0 Å². The fourth-order valence-electron chi connectivity index (χ4n) is 3.35. The van der Waals surface area contributed by atoms with Crippen LogP contribution in [0.5, 0.6) is 0 Å². The van der Waals surface area contributed by atoms with E-state index >= 15 is 0 Å². The van der Waals surface area contributed by atoms with E-state index in [0.29, 0.717) is 5.92 Å². The third-order valence-electron chi connectivity index (χ3n) is 4.32. The zero-order chi connectivity index (χ0) is 12.4. The maximum absolute atomic E-state index is 12.1. The maximum atomic E-state index is 12.1. The number of carbonyl (C=O) groups is 1. The second kappa shape index (κ2) is 5.41. The molecule has 1 aromatic heterocycles. The summed E-state index contributed by atoms with van der Waals surface area (Å²) < 4.78 is 0. The Balaban J connectivity index is 1.47. The number of rotatable bonds is 4. The van der Waals surface area contributed by atoms with Crippen LogP contribution >= 0.6 is 11.3 Å². The Hall–Kier alpha value is -0.870. The lowest BCUT2D eigenvalue weighted by Crippen LogP contribution is -2.44. The lowest BCUT2D eigenvalue weighted by Gasteiger charge is -2.17. The van der Waals surface area contributed by atoms with Crippen LogP contribution in [0.15, 0.2) is 16.8 Å². The van der Waals surface area contributed by atoms with Crippen molar-refractivity contribution in [2.75, 3.05) is 13.1 Å². The molecule has 2 aliphatic rings. The summed E-state index contributed by atoms with van der Waals surface area (Å²) in [5.74, 6) is 1.54. The van der Waals surface area contributed by atoms with Crippen LogP contribution in [0.1, 0.15) is 24.8 Å². The van der Waals surface area contributed by atoms with Gasteiger partial charge in [-0.15, -0.1) is 0 Å². The van der Waals surface area contributed by atoms with Crippen LogP contribution in [0, 0.1) is 11.8 Å². The first-order valence-electron chi connectivity index (χ1n) is 6.87. The summed E-state index contributed by atoms with van der Waals surface area (Å²) in [7, 11) is 0. The topological polar surface area (TPSA) is 41.1 Å². The molecule has 0 aromatic carbocycles. The molecule has 18 heavy (non-hydrogen) atoms. The smallest absolute Gasteiger partial charge is 0.237 e. The standard InChI is InChI=1S/C14H20N2OS/c17-14(15-6-4-10-5-7-18-9-10)13-12-3-1-2-11(12)8-16-13/h5,7,9,11-13,16H,1-4,6,8H2,(H,15,17). The average molecular weight is 264 g/mol. The highest BCUT2D eigenvalue weighted by atomic mass is 32.1. The minimum atomic E-state index is 0.0694. The normalized spacial score (nSPS) is 30.3. The molecule has 2 heterocycles. The lowest BCUT2D eigenvalue weighted by atomic mass is 9.93. The second-order valence-corrected chi connectivity index (χ2v) is 6.19. The van der Waals surface area contributed by atoms with E-state index in [1.165, 1.54) is 24.8 Å². The van der Waals surface area contributed by atoms with E-state index in [9.17, 15) is 4.79 Å². The van der Waals surface area contributed by atoms with Crippen LogP contribution in [0.25, 0.3) is 0 Å². The van der Waals surface area contributed by atoms with E-state index in [4.69, 9.17) is 0 Å². The summed E-state index contributed by atoms with van der Waals surface area (Å²) in [6.07, 6.45) is 4.77. The highest BCUT2D eigenvalue weighted by Gasteiger charge is 2.42. The second-order valence-electron chi connectivity index (χ2n) is 5.41. The van der Waals surface area contributed by atoms with Crippen molar-refractivity contribution >= 4 is 17.2 Å². The van der Waals surface area contributed by atoms with Crippen molar-refractivity contribution < 1.29 is 4.79 Å². The number of thiophene rings is 1. The number of carbonyl (C=O) groups excluding carboxylic acids is 1. The van der Waals surface area contributed by atoms with Gasteiger partial charge in [-0.25, -0.2) is 0 Å². The summed E-state index contributed by atoms with van der Waals surface area (Å²) in [6, 6.07) is 2.19. The fourth-order valence-corrected chi connectivity index (χ4v) is 4.05. The largest absolute Gasteiger partial charge is 0.354 e.